The fourth-order valence-electron chi connectivity index (χ4n) is 3.89. The monoisotopic (exact) mass is 380 g/mol. The molecule has 0 unspecified atom stereocenters. The summed E-state index contributed by atoms with van der Waals surface area (Å²) >= 11 is 0. The van der Waals surface area contributed by atoms with Crippen molar-refractivity contribution in [2.24, 2.45) is 11.8 Å². The van der Waals surface area contributed by atoms with Crippen LogP contribution in [0.2, 0.25) is 0 Å². The van der Waals surface area contributed by atoms with E-state index in [1.807, 2.05) is 50.2 Å². The Morgan fingerprint density at radius 2 is 1.39 bits per heavy atom. The quantitative estimate of drug-likeness (QED) is 0.790. The topological polar surface area (TPSA) is 67.4 Å². The van der Waals surface area contributed by atoms with Crippen LogP contribution in [0.4, 0.5) is 11.4 Å². The summed E-state index contributed by atoms with van der Waals surface area (Å²) in [7, 11) is 1.59. The first-order valence-electron chi connectivity index (χ1n) is 9.79. The molecule has 0 bridgehead atoms. The third-order valence-corrected chi connectivity index (χ3v) is 5.32. The number of ether oxygens (including phenoxy) is 1. The number of methoxy groups -OCH3 is 1. The Kier molecular flexibility index (Phi) is 6.34. The van der Waals surface area contributed by atoms with Gasteiger partial charge >= 0.3 is 0 Å². The van der Waals surface area contributed by atoms with E-state index in [4.69, 9.17) is 4.74 Å². The third-order valence-electron chi connectivity index (χ3n) is 5.32. The molecule has 0 aromatic heterocycles. The molecule has 0 spiro atoms. The number of aryl methyl sites for hydroxylation is 2. The van der Waals surface area contributed by atoms with E-state index in [2.05, 4.69) is 16.7 Å². The number of para-hydroxylation sites is 2. The first kappa shape index (κ1) is 19.9. The van der Waals surface area contributed by atoms with Gasteiger partial charge in [0.15, 0.2) is 0 Å². The first-order valence-corrected chi connectivity index (χ1v) is 9.79. The van der Waals surface area contributed by atoms with Gasteiger partial charge in [0.05, 0.1) is 12.8 Å². The van der Waals surface area contributed by atoms with Crippen LogP contribution in [0.15, 0.2) is 42.5 Å². The maximum atomic E-state index is 12.6. The molecular formula is C23H28N2O3. The standard InChI is InChI=1S/C23H28N2O3/c1-15-12-16(2)14-19(13-15)24-22(26)17-8-10-18(11-9-17)23(27)25-20-6-4-5-7-21(20)28-3/h4-7,12-14,17-18H,8-11H2,1-3H3,(H,24,26)(H,25,27). The van der Waals surface area contributed by atoms with Gasteiger partial charge in [-0.3, -0.25) is 9.59 Å². The van der Waals surface area contributed by atoms with Gasteiger partial charge in [-0.05, 0) is 74.9 Å². The molecule has 1 aliphatic rings. The van der Waals surface area contributed by atoms with Gasteiger partial charge in [-0.2, -0.15) is 0 Å². The minimum absolute atomic E-state index is 0.00216. The molecule has 5 nitrogen and oxygen atoms in total. The van der Waals surface area contributed by atoms with Gasteiger partial charge < -0.3 is 15.4 Å². The van der Waals surface area contributed by atoms with Crippen LogP contribution in [0.3, 0.4) is 0 Å². The molecule has 0 saturated heterocycles. The molecule has 1 saturated carbocycles. The maximum absolute atomic E-state index is 12.6. The van der Waals surface area contributed by atoms with Gasteiger partial charge in [-0.1, -0.05) is 18.2 Å². The normalized spacial score (nSPS) is 19.0. The van der Waals surface area contributed by atoms with E-state index in [-0.39, 0.29) is 23.7 Å². The van der Waals surface area contributed by atoms with Crippen molar-refractivity contribution in [1.29, 1.82) is 0 Å². The van der Waals surface area contributed by atoms with Crippen LogP contribution in [0, 0.1) is 25.7 Å². The van der Waals surface area contributed by atoms with Crippen LogP contribution in [0.5, 0.6) is 5.75 Å². The van der Waals surface area contributed by atoms with E-state index in [0.29, 0.717) is 24.3 Å². The summed E-state index contributed by atoms with van der Waals surface area (Å²) in [5, 5.41) is 6.00. The van der Waals surface area contributed by atoms with Crippen molar-refractivity contribution in [3.63, 3.8) is 0 Å². The Balaban J connectivity index is 1.53. The molecule has 0 atom stereocenters. The Morgan fingerprint density at radius 1 is 0.857 bits per heavy atom. The highest BCUT2D eigenvalue weighted by atomic mass is 16.5. The number of hydrogen-bond donors (Lipinski definition) is 2. The lowest BCUT2D eigenvalue weighted by Gasteiger charge is -2.27. The van der Waals surface area contributed by atoms with Gasteiger partial charge in [0.2, 0.25) is 11.8 Å². The predicted octanol–water partition coefficient (Wildman–Crippen LogP) is 4.70. The molecule has 2 aromatic rings. The van der Waals surface area contributed by atoms with E-state index < -0.39 is 0 Å². The predicted molar refractivity (Wildman–Crippen MR) is 112 cm³/mol. The molecule has 2 amide bonds. The second-order valence-electron chi connectivity index (χ2n) is 7.60. The van der Waals surface area contributed by atoms with Crippen LogP contribution in [-0.4, -0.2) is 18.9 Å². The highest BCUT2D eigenvalue weighted by molar-refractivity contribution is 5.95. The van der Waals surface area contributed by atoms with Gasteiger partial charge in [-0.25, -0.2) is 0 Å². The highest BCUT2D eigenvalue weighted by Gasteiger charge is 2.30. The van der Waals surface area contributed by atoms with Gasteiger partial charge in [0.25, 0.3) is 0 Å². The molecule has 5 heteroatoms. The fraction of sp³-hybridized carbons (Fsp3) is 0.391. The van der Waals surface area contributed by atoms with E-state index in [1.54, 1.807) is 7.11 Å². The maximum Gasteiger partial charge on any atom is 0.227 e. The van der Waals surface area contributed by atoms with Crippen LogP contribution in [0.25, 0.3) is 0 Å². The number of rotatable bonds is 5. The van der Waals surface area contributed by atoms with E-state index in [9.17, 15) is 9.59 Å². The highest BCUT2D eigenvalue weighted by Crippen LogP contribution is 2.32. The Hall–Kier alpha value is -2.82. The molecule has 0 radical (unpaired) electrons. The fourth-order valence-corrected chi connectivity index (χ4v) is 3.89. The first-order chi connectivity index (χ1) is 13.5. The summed E-state index contributed by atoms with van der Waals surface area (Å²) in [4.78, 5) is 25.2. The largest absolute Gasteiger partial charge is 0.495 e. The Labute approximate surface area is 166 Å². The van der Waals surface area contributed by atoms with Gasteiger partial charge in [-0.15, -0.1) is 0 Å². The minimum atomic E-state index is -0.0739. The zero-order valence-electron chi connectivity index (χ0n) is 16.7. The lowest BCUT2D eigenvalue weighted by molar-refractivity contribution is -0.125. The molecule has 148 valence electrons. The summed E-state index contributed by atoms with van der Waals surface area (Å²) in [6.07, 6.45) is 2.87. The summed E-state index contributed by atoms with van der Waals surface area (Å²) in [5.74, 6) is 0.579. The molecule has 2 N–H and O–H groups in total. The van der Waals surface area contributed by atoms with Crippen molar-refractivity contribution >= 4 is 23.2 Å². The number of nitrogens with one attached hydrogen (secondary N) is 2. The number of carbonyl (C=O) groups excluding carboxylic acids is 2. The average Bonchev–Trinajstić information content (AvgIpc) is 2.67. The number of amides is 2. The molecule has 28 heavy (non-hydrogen) atoms. The second-order valence-corrected chi connectivity index (χ2v) is 7.60. The number of benzene rings is 2. The lowest BCUT2D eigenvalue weighted by Crippen LogP contribution is -2.32. The van der Waals surface area contributed by atoms with Crippen LogP contribution >= 0.6 is 0 Å². The van der Waals surface area contributed by atoms with E-state index >= 15 is 0 Å². The van der Waals surface area contributed by atoms with Crippen molar-refractivity contribution in [3.8, 4) is 5.75 Å². The minimum Gasteiger partial charge on any atom is -0.495 e. The lowest BCUT2D eigenvalue weighted by atomic mass is 9.81. The van der Waals surface area contributed by atoms with Crippen molar-refractivity contribution in [3.05, 3.63) is 53.6 Å². The van der Waals surface area contributed by atoms with Crippen molar-refractivity contribution in [1.82, 2.24) is 0 Å². The van der Waals surface area contributed by atoms with Crippen LogP contribution in [0.1, 0.15) is 36.8 Å². The molecule has 0 heterocycles. The number of hydrogen-bond acceptors (Lipinski definition) is 3. The summed E-state index contributed by atoms with van der Waals surface area (Å²) in [6, 6.07) is 13.4. The summed E-state index contributed by atoms with van der Waals surface area (Å²) < 4.78 is 5.29. The van der Waals surface area contributed by atoms with Crippen molar-refractivity contribution in [2.75, 3.05) is 17.7 Å². The van der Waals surface area contributed by atoms with Crippen molar-refractivity contribution in [2.45, 2.75) is 39.5 Å². The molecule has 2 aromatic carbocycles. The number of anilines is 2. The molecule has 3 rings (SSSR count). The van der Waals surface area contributed by atoms with Crippen LogP contribution in [-0.2, 0) is 9.59 Å². The van der Waals surface area contributed by atoms with Gasteiger partial charge in [0.1, 0.15) is 5.75 Å². The molecule has 1 aliphatic carbocycles. The van der Waals surface area contributed by atoms with Gasteiger partial charge in [0, 0.05) is 17.5 Å². The molecular weight excluding hydrogens is 352 g/mol. The zero-order chi connectivity index (χ0) is 20.1. The Bertz CT molecular complexity index is 834. The van der Waals surface area contributed by atoms with Crippen LogP contribution < -0.4 is 15.4 Å². The smallest absolute Gasteiger partial charge is 0.227 e. The molecule has 1 fully saturated rings. The summed E-state index contributed by atoms with van der Waals surface area (Å²) in [5.41, 5.74) is 3.79. The SMILES string of the molecule is COc1ccccc1NC(=O)C1CCC(C(=O)Nc2cc(C)cc(C)c2)CC1. The summed E-state index contributed by atoms with van der Waals surface area (Å²) in [6.45, 7) is 4.04. The number of carbonyl (C=O) groups is 2. The Morgan fingerprint density at radius 3 is 1.96 bits per heavy atom. The van der Waals surface area contributed by atoms with E-state index in [0.717, 1.165) is 29.7 Å². The van der Waals surface area contributed by atoms with Crippen molar-refractivity contribution < 1.29 is 14.3 Å². The zero-order valence-corrected chi connectivity index (χ0v) is 16.7. The molecule has 0 aliphatic heterocycles. The third kappa shape index (κ3) is 4.91. The average molecular weight is 380 g/mol. The van der Waals surface area contributed by atoms with E-state index in [1.165, 1.54) is 0 Å². The second kappa shape index (κ2) is 8.91.